The van der Waals surface area contributed by atoms with Gasteiger partial charge in [0.15, 0.2) is 0 Å². The van der Waals surface area contributed by atoms with Crippen LogP contribution in [0.3, 0.4) is 0 Å². The van der Waals surface area contributed by atoms with E-state index in [0.29, 0.717) is 6.42 Å². The third-order valence-corrected chi connectivity index (χ3v) is 7.36. The molecule has 0 aromatic carbocycles. The van der Waals surface area contributed by atoms with Crippen molar-refractivity contribution < 1.29 is 7.87 Å². The molecule has 0 aromatic heterocycles. The van der Waals surface area contributed by atoms with E-state index in [1.54, 1.807) is 0 Å². The Morgan fingerprint density at radius 3 is 3.00 bits per heavy atom. The summed E-state index contributed by atoms with van der Waals surface area (Å²) in [6.45, 7) is 0. The van der Waals surface area contributed by atoms with Gasteiger partial charge < -0.3 is 0 Å². The number of rotatable bonds is 0. The predicted octanol–water partition coefficient (Wildman–Crippen LogP) is -0.335. The molecule has 4 heteroatoms. The average Bonchev–Trinajstić information content (AvgIpc) is 1.69. The van der Waals surface area contributed by atoms with Crippen molar-refractivity contribution >= 4 is 35.1 Å². The molecule has 0 bridgehead atoms. The molecular formula is C3H6O2SSn. The molecule has 0 N–H and O–H groups in total. The Balaban J connectivity index is 2.25. The van der Waals surface area contributed by atoms with Gasteiger partial charge in [-0.1, -0.05) is 0 Å². The van der Waals surface area contributed by atoms with Gasteiger partial charge in [-0.05, 0) is 0 Å². The molecule has 0 atom stereocenters. The first-order valence-electron chi connectivity index (χ1n) is 2.13. The first-order chi connectivity index (χ1) is 3.39. The van der Waals surface area contributed by atoms with E-state index < -0.39 is 20.2 Å². The summed E-state index contributed by atoms with van der Waals surface area (Å²) in [6, 6.07) is 0. The van der Waals surface area contributed by atoms with E-state index in [9.17, 15) is 4.79 Å². The second kappa shape index (κ2) is 2.81. The Hall–Kier alpha value is 0.619. The third-order valence-electron chi connectivity index (χ3n) is 0.754. The average molecular weight is 225 g/mol. The minimum absolute atomic E-state index is 0.0366. The van der Waals surface area contributed by atoms with Crippen LogP contribution < -0.4 is 0 Å². The summed E-state index contributed by atoms with van der Waals surface area (Å²) in [5.41, 5.74) is 0. The molecular weight excluding hydrogens is 219 g/mol. The first-order valence-corrected chi connectivity index (χ1v) is 9.87. The number of carbonyl (C=O) groups excluding carboxylic acids is 1. The van der Waals surface area contributed by atoms with Crippen molar-refractivity contribution in [2.45, 2.75) is 6.42 Å². The van der Waals surface area contributed by atoms with Crippen LogP contribution in [-0.4, -0.2) is 31.9 Å². The van der Waals surface area contributed by atoms with E-state index >= 15 is 0 Å². The normalized spacial score (nSPS) is 24.9. The van der Waals surface area contributed by atoms with Crippen LogP contribution in [0.25, 0.3) is 0 Å². The predicted molar refractivity (Wildman–Crippen MR) is 31.7 cm³/mol. The Morgan fingerprint density at radius 2 is 2.71 bits per heavy atom. The molecule has 1 aliphatic rings. The van der Waals surface area contributed by atoms with Gasteiger partial charge >= 0.3 is 55.1 Å². The van der Waals surface area contributed by atoms with Crippen LogP contribution in [0.15, 0.2) is 0 Å². The molecule has 2 nitrogen and oxygen atoms in total. The summed E-state index contributed by atoms with van der Waals surface area (Å²) in [5, 5.41) is 0. The van der Waals surface area contributed by atoms with Gasteiger partial charge in [-0.3, -0.25) is 0 Å². The second-order valence-electron chi connectivity index (χ2n) is 1.29. The van der Waals surface area contributed by atoms with Gasteiger partial charge in [0.25, 0.3) is 0 Å². The van der Waals surface area contributed by atoms with Crippen LogP contribution in [0.5, 0.6) is 0 Å². The van der Waals surface area contributed by atoms with E-state index in [0.717, 1.165) is 5.75 Å². The van der Waals surface area contributed by atoms with E-state index in [1.807, 2.05) is 8.95 Å². The maximum atomic E-state index is 10.3. The van der Waals surface area contributed by atoms with Crippen molar-refractivity contribution in [1.29, 1.82) is 0 Å². The van der Waals surface area contributed by atoms with Crippen LogP contribution in [-0.2, 0) is 7.87 Å². The van der Waals surface area contributed by atoms with Gasteiger partial charge in [0.1, 0.15) is 0 Å². The molecule has 0 radical (unpaired) electrons. The van der Waals surface area contributed by atoms with E-state index in [1.165, 1.54) is 0 Å². The van der Waals surface area contributed by atoms with Crippen molar-refractivity contribution in [3.05, 3.63) is 0 Å². The minimum atomic E-state index is -0.997. The summed E-state index contributed by atoms with van der Waals surface area (Å²) in [7, 11) is 1.87. The molecule has 0 aliphatic carbocycles. The zero-order valence-corrected chi connectivity index (χ0v) is 8.70. The van der Waals surface area contributed by atoms with E-state index in [-0.39, 0.29) is 5.97 Å². The molecule has 0 amide bonds. The summed E-state index contributed by atoms with van der Waals surface area (Å²) in [6.07, 6.45) is 0.640. The fraction of sp³-hybridized carbons (Fsp3) is 0.667. The van der Waals surface area contributed by atoms with Crippen molar-refractivity contribution in [2.75, 3.05) is 5.75 Å². The maximum absolute atomic E-state index is 10.3. The van der Waals surface area contributed by atoms with Gasteiger partial charge in [-0.2, -0.15) is 0 Å². The Kier molecular flexibility index (Phi) is 2.31. The summed E-state index contributed by atoms with van der Waals surface area (Å²) in [4.78, 5) is 10.3. The van der Waals surface area contributed by atoms with Gasteiger partial charge in [0.2, 0.25) is 0 Å². The van der Waals surface area contributed by atoms with Crippen LogP contribution in [0.1, 0.15) is 6.42 Å². The van der Waals surface area contributed by atoms with Crippen molar-refractivity contribution in [2.24, 2.45) is 0 Å². The zero-order chi connectivity index (χ0) is 5.11. The SMILES string of the molecule is O=C1CC[S][SnH2][O]1. The van der Waals surface area contributed by atoms with Crippen molar-refractivity contribution in [1.82, 2.24) is 0 Å². The van der Waals surface area contributed by atoms with E-state index in [4.69, 9.17) is 3.07 Å². The fourth-order valence-corrected chi connectivity index (χ4v) is 5.53. The second-order valence-corrected chi connectivity index (χ2v) is 8.68. The monoisotopic (exact) mass is 226 g/mol. The van der Waals surface area contributed by atoms with Crippen LogP contribution in [0.2, 0.25) is 0 Å². The van der Waals surface area contributed by atoms with Gasteiger partial charge in [-0.15, -0.1) is 0 Å². The molecule has 7 heavy (non-hydrogen) atoms. The first kappa shape index (κ1) is 5.75. The molecule has 1 aliphatic heterocycles. The quantitative estimate of drug-likeness (QED) is 0.527. The van der Waals surface area contributed by atoms with Crippen molar-refractivity contribution in [3.8, 4) is 0 Å². The van der Waals surface area contributed by atoms with Gasteiger partial charge in [0, 0.05) is 0 Å². The van der Waals surface area contributed by atoms with E-state index in [2.05, 4.69) is 0 Å². The summed E-state index contributed by atoms with van der Waals surface area (Å²) < 4.78 is 4.81. The number of hydrogen-bond donors (Lipinski definition) is 0. The summed E-state index contributed by atoms with van der Waals surface area (Å²) in [5.74, 6) is 1.06. The molecule has 0 aromatic rings. The van der Waals surface area contributed by atoms with Crippen LogP contribution >= 0.6 is 8.95 Å². The molecule has 1 heterocycles. The molecule has 0 unspecified atom stereocenters. The van der Waals surface area contributed by atoms with Crippen LogP contribution in [0, 0.1) is 0 Å². The Bertz CT molecular complexity index is 77.0. The molecule has 1 saturated heterocycles. The fourth-order valence-electron chi connectivity index (χ4n) is 0.394. The molecule has 1 rings (SSSR count). The Labute approximate surface area is 55.2 Å². The van der Waals surface area contributed by atoms with Crippen LogP contribution in [0.4, 0.5) is 0 Å². The van der Waals surface area contributed by atoms with Gasteiger partial charge in [0.05, 0.1) is 0 Å². The number of hydrogen-bond acceptors (Lipinski definition) is 3. The molecule has 1 fully saturated rings. The zero-order valence-electron chi connectivity index (χ0n) is 3.85. The third kappa shape index (κ3) is 1.90. The molecule has 0 saturated carbocycles. The Morgan fingerprint density at radius 1 is 1.86 bits per heavy atom. The molecule has 40 valence electrons. The van der Waals surface area contributed by atoms with Gasteiger partial charge in [-0.25, -0.2) is 0 Å². The molecule has 0 spiro atoms. The topological polar surface area (TPSA) is 26.3 Å². The number of carbonyl (C=O) groups is 1. The summed E-state index contributed by atoms with van der Waals surface area (Å²) >= 11 is -0.997. The van der Waals surface area contributed by atoms with Crippen molar-refractivity contribution in [3.63, 3.8) is 0 Å². The standard InChI is InChI=1S/C3H6O2S.Sn.2H/c4-3(5)1-2-6;;;/h6H,1-2H2,(H,4,5);;;/q;+2;;/p-2.